The first-order chi connectivity index (χ1) is 9.74. The third kappa shape index (κ3) is 3.65. The summed E-state index contributed by atoms with van der Waals surface area (Å²) in [5.74, 6) is 0. The van der Waals surface area contributed by atoms with Gasteiger partial charge in [0.2, 0.25) is 0 Å². The highest BCUT2D eigenvalue weighted by Crippen LogP contribution is 2.07. The van der Waals surface area contributed by atoms with E-state index >= 15 is 0 Å². The minimum atomic E-state index is -0.150. The summed E-state index contributed by atoms with van der Waals surface area (Å²) in [4.78, 5) is 21.4. The molecule has 5 nitrogen and oxygen atoms in total. The number of unbranched alkanes of at least 4 members (excludes halogenated alkanes) is 1. The first kappa shape index (κ1) is 14.7. The number of hydrogen-bond donors (Lipinski definition) is 2. The lowest BCUT2D eigenvalue weighted by molar-refractivity contribution is 0.186. The second-order valence-corrected chi connectivity index (χ2v) is 4.88. The van der Waals surface area contributed by atoms with Crippen molar-refractivity contribution in [1.29, 1.82) is 0 Å². The molecule has 1 aromatic heterocycles. The molecule has 108 valence electrons. The van der Waals surface area contributed by atoms with Gasteiger partial charge in [-0.05, 0) is 25.1 Å². The van der Waals surface area contributed by atoms with Crippen LogP contribution in [0.25, 0.3) is 11.0 Å². The largest absolute Gasteiger partial charge is 0.395 e. The molecule has 0 amide bonds. The minimum absolute atomic E-state index is 0.0925. The molecule has 2 rings (SSSR count). The molecule has 0 atom stereocenters. The molecule has 0 saturated carbocycles. The van der Waals surface area contributed by atoms with Crippen molar-refractivity contribution in [3.05, 3.63) is 40.3 Å². The summed E-state index contributed by atoms with van der Waals surface area (Å²) in [6.45, 7) is 4.12. The molecule has 0 aliphatic rings. The Morgan fingerprint density at radius 2 is 2.10 bits per heavy atom. The molecule has 1 aromatic carbocycles. The van der Waals surface area contributed by atoms with Crippen LogP contribution in [0, 0.1) is 0 Å². The molecule has 1 heterocycles. The Hall–Kier alpha value is -1.72. The zero-order valence-corrected chi connectivity index (χ0v) is 11.8. The van der Waals surface area contributed by atoms with Crippen LogP contribution in [-0.4, -0.2) is 39.7 Å². The molecule has 0 aliphatic heterocycles. The lowest BCUT2D eigenvalue weighted by Crippen LogP contribution is -2.31. The van der Waals surface area contributed by atoms with Crippen molar-refractivity contribution in [2.75, 3.05) is 19.7 Å². The Morgan fingerprint density at radius 1 is 1.30 bits per heavy atom. The van der Waals surface area contributed by atoms with E-state index in [9.17, 15) is 4.79 Å². The Bertz CT molecular complexity index is 609. The topological polar surface area (TPSA) is 69.2 Å². The fourth-order valence-electron chi connectivity index (χ4n) is 2.18. The Kier molecular flexibility index (Phi) is 5.26. The first-order valence-corrected chi connectivity index (χ1v) is 7.05. The number of hydrogen-bond acceptors (Lipinski definition) is 4. The molecule has 5 heteroatoms. The quantitative estimate of drug-likeness (QED) is 0.804. The lowest BCUT2D eigenvalue weighted by Gasteiger charge is -2.20. The Labute approximate surface area is 118 Å². The maximum atomic E-state index is 12.0. The van der Waals surface area contributed by atoms with Crippen LogP contribution in [0.15, 0.2) is 29.1 Å². The zero-order chi connectivity index (χ0) is 14.4. The number of nitrogens with zero attached hydrogens (tertiary/aromatic N) is 2. The molecule has 0 unspecified atom stereocenters. The van der Waals surface area contributed by atoms with Crippen LogP contribution in [0.1, 0.15) is 25.5 Å². The van der Waals surface area contributed by atoms with Crippen molar-refractivity contribution >= 4 is 11.0 Å². The number of nitrogens with one attached hydrogen (secondary N) is 1. The fraction of sp³-hybridized carbons (Fsp3) is 0.467. The van der Waals surface area contributed by atoms with E-state index in [0.29, 0.717) is 18.8 Å². The van der Waals surface area contributed by atoms with Crippen molar-refractivity contribution in [2.24, 2.45) is 0 Å². The van der Waals surface area contributed by atoms with Crippen LogP contribution in [0.5, 0.6) is 0 Å². The molecule has 0 radical (unpaired) electrons. The van der Waals surface area contributed by atoms with Crippen LogP contribution in [-0.2, 0) is 6.54 Å². The van der Waals surface area contributed by atoms with Gasteiger partial charge in [0.05, 0.1) is 17.6 Å². The highest BCUT2D eigenvalue weighted by molar-refractivity contribution is 5.73. The lowest BCUT2D eigenvalue weighted by atomic mass is 10.2. The van der Waals surface area contributed by atoms with Crippen LogP contribution < -0.4 is 5.56 Å². The molecular weight excluding hydrogens is 254 g/mol. The third-order valence-corrected chi connectivity index (χ3v) is 3.29. The van der Waals surface area contributed by atoms with Gasteiger partial charge >= 0.3 is 0 Å². The summed E-state index contributed by atoms with van der Waals surface area (Å²) in [5, 5.41) is 9.11. The van der Waals surface area contributed by atoms with Gasteiger partial charge in [0.25, 0.3) is 5.56 Å². The predicted molar refractivity (Wildman–Crippen MR) is 79.6 cm³/mol. The number of benzene rings is 1. The minimum Gasteiger partial charge on any atom is -0.395 e. The Morgan fingerprint density at radius 3 is 2.85 bits per heavy atom. The van der Waals surface area contributed by atoms with Gasteiger partial charge < -0.3 is 10.1 Å². The number of para-hydroxylation sites is 2. The highest BCUT2D eigenvalue weighted by Gasteiger charge is 2.10. The van der Waals surface area contributed by atoms with Crippen molar-refractivity contribution in [1.82, 2.24) is 14.9 Å². The maximum Gasteiger partial charge on any atom is 0.271 e. The number of H-pyrrole nitrogens is 1. The molecule has 2 N–H and O–H groups in total. The van der Waals surface area contributed by atoms with Gasteiger partial charge in [-0.15, -0.1) is 0 Å². The second kappa shape index (κ2) is 7.17. The van der Waals surface area contributed by atoms with E-state index in [2.05, 4.69) is 21.8 Å². The van der Waals surface area contributed by atoms with Gasteiger partial charge in [-0.3, -0.25) is 9.69 Å². The third-order valence-electron chi connectivity index (χ3n) is 3.29. The highest BCUT2D eigenvalue weighted by atomic mass is 16.3. The normalized spacial score (nSPS) is 11.3. The zero-order valence-electron chi connectivity index (χ0n) is 11.8. The first-order valence-electron chi connectivity index (χ1n) is 7.05. The summed E-state index contributed by atoms with van der Waals surface area (Å²) in [6, 6.07) is 7.51. The van der Waals surface area contributed by atoms with E-state index in [1.807, 2.05) is 24.3 Å². The molecule has 2 aromatic rings. The van der Waals surface area contributed by atoms with E-state index in [1.54, 1.807) is 0 Å². The molecule has 20 heavy (non-hydrogen) atoms. The van der Waals surface area contributed by atoms with Crippen LogP contribution >= 0.6 is 0 Å². The average molecular weight is 275 g/mol. The molecule has 0 fully saturated rings. The van der Waals surface area contributed by atoms with Crippen LogP contribution in [0.4, 0.5) is 0 Å². The van der Waals surface area contributed by atoms with E-state index in [-0.39, 0.29) is 12.2 Å². The van der Waals surface area contributed by atoms with Gasteiger partial charge in [-0.2, -0.15) is 0 Å². The number of fused-ring (bicyclic) bond motifs is 1. The number of aromatic amines is 1. The predicted octanol–water partition coefficient (Wildman–Crippen LogP) is 1.52. The number of aliphatic hydroxyl groups excluding tert-OH is 1. The van der Waals surface area contributed by atoms with Crippen molar-refractivity contribution < 1.29 is 5.11 Å². The molecule has 0 spiro atoms. The van der Waals surface area contributed by atoms with Crippen LogP contribution in [0.3, 0.4) is 0 Å². The summed E-state index contributed by atoms with van der Waals surface area (Å²) < 4.78 is 0. The monoisotopic (exact) mass is 275 g/mol. The van der Waals surface area contributed by atoms with Crippen molar-refractivity contribution in [3.8, 4) is 0 Å². The van der Waals surface area contributed by atoms with E-state index in [0.717, 1.165) is 30.4 Å². The summed E-state index contributed by atoms with van der Waals surface area (Å²) in [6.07, 6.45) is 2.13. The maximum absolute atomic E-state index is 12.0. The van der Waals surface area contributed by atoms with Gasteiger partial charge in [0.15, 0.2) is 0 Å². The fourth-order valence-corrected chi connectivity index (χ4v) is 2.18. The standard InChI is InChI=1S/C15H21N3O2/c1-2-3-8-18(9-10-19)11-14-15(20)17-13-7-5-4-6-12(13)16-14/h4-7,19H,2-3,8-11H2,1H3,(H,17,20). The van der Waals surface area contributed by atoms with Crippen molar-refractivity contribution in [3.63, 3.8) is 0 Å². The second-order valence-electron chi connectivity index (χ2n) is 4.88. The van der Waals surface area contributed by atoms with Gasteiger partial charge in [-0.25, -0.2) is 4.98 Å². The smallest absolute Gasteiger partial charge is 0.271 e. The molecular formula is C15H21N3O2. The number of rotatable bonds is 7. The number of aliphatic hydroxyl groups is 1. The van der Waals surface area contributed by atoms with Crippen molar-refractivity contribution in [2.45, 2.75) is 26.3 Å². The summed E-state index contributed by atoms with van der Waals surface area (Å²) in [7, 11) is 0. The van der Waals surface area contributed by atoms with Gasteiger partial charge in [0, 0.05) is 13.1 Å². The molecule has 0 bridgehead atoms. The van der Waals surface area contributed by atoms with E-state index in [4.69, 9.17) is 5.11 Å². The van der Waals surface area contributed by atoms with Crippen LogP contribution in [0.2, 0.25) is 0 Å². The summed E-state index contributed by atoms with van der Waals surface area (Å²) >= 11 is 0. The Balaban J connectivity index is 2.22. The average Bonchev–Trinajstić information content (AvgIpc) is 2.45. The summed E-state index contributed by atoms with van der Waals surface area (Å²) in [5.41, 5.74) is 1.90. The molecule has 0 saturated heterocycles. The van der Waals surface area contributed by atoms with Gasteiger partial charge in [0.1, 0.15) is 5.69 Å². The SMILES string of the molecule is CCCCN(CCO)Cc1nc2ccccc2[nH]c1=O. The number of aromatic nitrogens is 2. The molecule has 0 aliphatic carbocycles. The van der Waals surface area contributed by atoms with E-state index < -0.39 is 0 Å². The van der Waals surface area contributed by atoms with E-state index in [1.165, 1.54) is 0 Å². The van der Waals surface area contributed by atoms with Gasteiger partial charge in [-0.1, -0.05) is 25.5 Å².